The maximum Gasteiger partial charge on any atom is 0.306 e. The number of quaternary nitrogens is 1. The fraction of sp³-hybridized carbons (Fsp3) is 0.915. The lowest BCUT2D eigenvalue weighted by molar-refractivity contribution is -0.870. The molecule has 0 aromatic heterocycles. The average molecular weight is 830 g/mol. The Morgan fingerprint density at radius 2 is 0.930 bits per heavy atom. The van der Waals surface area contributed by atoms with Crippen LogP contribution in [0.25, 0.3) is 0 Å². The Morgan fingerprint density at radius 1 is 0.561 bits per heavy atom. The first-order valence-corrected chi connectivity index (χ1v) is 25.3. The summed E-state index contributed by atoms with van der Waals surface area (Å²) in [6.07, 6.45) is 41.3. The molecule has 0 aromatic carbocycles. The van der Waals surface area contributed by atoms with E-state index in [-0.39, 0.29) is 32.0 Å². The van der Waals surface area contributed by atoms with Gasteiger partial charge in [-0.2, -0.15) is 0 Å². The van der Waals surface area contributed by atoms with Crippen LogP contribution in [0.2, 0.25) is 0 Å². The highest BCUT2D eigenvalue weighted by Crippen LogP contribution is 2.38. The SMILES string of the molecule is C=CCCCCCCCCCCCCCCCC(=O)O[C@H](COC(=O)CCCCCCCCCCCCCCCCCCCC)COP(=O)([O-])OCC[N+](C)(C)C. The topological polar surface area (TPSA) is 111 Å². The van der Waals surface area contributed by atoms with E-state index in [2.05, 4.69) is 13.5 Å². The first kappa shape index (κ1) is 55.8. The predicted molar refractivity (Wildman–Crippen MR) is 236 cm³/mol. The molecule has 0 aromatic rings. The molecule has 0 aliphatic heterocycles. The summed E-state index contributed by atoms with van der Waals surface area (Å²) in [5.41, 5.74) is 0. The van der Waals surface area contributed by atoms with Crippen LogP contribution in [0.3, 0.4) is 0 Å². The lowest BCUT2D eigenvalue weighted by Gasteiger charge is -2.28. The highest BCUT2D eigenvalue weighted by Gasteiger charge is 2.21. The average Bonchev–Trinajstić information content (AvgIpc) is 3.16. The first-order valence-electron chi connectivity index (χ1n) is 23.9. The van der Waals surface area contributed by atoms with Crippen molar-refractivity contribution in [3.8, 4) is 0 Å². The van der Waals surface area contributed by atoms with Crippen molar-refractivity contribution in [2.45, 2.75) is 231 Å². The third-order valence-electron chi connectivity index (χ3n) is 10.7. The minimum absolute atomic E-state index is 0.0280. The molecule has 0 aliphatic rings. The van der Waals surface area contributed by atoms with Crippen LogP contribution in [0.4, 0.5) is 0 Å². The molecular formula is C47H92NO8P. The standard InChI is InChI=1S/C47H92NO8P/c1-6-8-10-12-14-16-18-20-22-23-24-26-27-29-31-33-35-37-39-46(49)53-43-45(44-55-57(51,52)54-42-41-48(3,4)5)56-47(50)40-38-36-34-32-30-28-25-21-19-17-15-13-11-9-7-2/h7,45H,2,6,8-44H2,1,3-5H3/t45-/m1/s1. The van der Waals surface area contributed by atoms with E-state index >= 15 is 0 Å². The van der Waals surface area contributed by atoms with Gasteiger partial charge in [-0.3, -0.25) is 14.2 Å². The maximum absolute atomic E-state index is 12.7. The zero-order valence-corrected chi connectivity index (χ0v) is 38.8. The minimum atomic E-state index is -4.62. The van der Waals surface area contributed by atoms with E-state index in [9.17, 15) is 19.0 Å². The molecule has 1 unspecified atom stereocenters. The zero-order valence-electron chi connectivity index (χ0n) is 37.9. The number of likely N-dealkylation sites (N-methyl/N-ethyl adjacent to an activating group) is 1. The zero-order chi connectivity index (χ0) is 42.1. The first-order chi connectivity index (χ1) is 27.5. The number of rotatable bonds is 45. The Hall–Kier alpha value is -1.25. The van der Waals surface area contributed by atoms with Crippen molar-refractivity contribution < 1.29 is 42.1 Å². The summed E-state index contributed by atoms with van der Waals surface area (Å²) in [5, 5.41) is 0. The van der Waals surface area contributed by atoms with E-state index in [1.54, 1.807) is 0 Å². The lowest BCUT2D eigenvalue weighted by Crippen LogP contribution is -2.37. The van der Waals surface area contributed by atoms with E-state index in [0.717, 1.165) is 44.9 Å². The van der Waals surface area contributed by atoms with E-state index in [1.165, 1.54) is 154 Å². The van der Waals surface area contributed by atoms with E-state index in [4.69, 9.17) is 18.5 Å². The van der Waals surface area contributed by atoms with Gasteiger partial charge in [0.1, 0.15) is 19.8 Å². The molecular weight excluding hydrogens is 737 g/mol. The maximum atomic E-state index is 12.7. The van der Waals surface area contributed by atoms with Gasteiger partial charge in [0.25, 0.3) is 7.82 Å². The highest BCUT2D eigenvalue weighted by molar-refractivity contribution is 7.45. The summed E-state index contributed by atoms with van der Waals surface area (Å²) in [7, 11) is 1.18. The number of hydrogen-bond donors (Lipinski definition) is 0. The van der Waals surface area contributed by atoms with Crippen molar-refractivity contribution in [1.29, 1.82) is 0 Å². The van der Waals surface area contributed by atoms with Gasteiger partial charge in [-0.15, -0.1) is 6.58 Å². The van der Waals surface area contributed by atoms with Crippen molar-refractivity contribution in [3.05, 3.63) is 12.7 Å². The number of ether oxygens (including phenoxy) is 2. The van der Waals surface area contributed by atoms with Gasteiger partial charge in [0, 0.05) is 12.8 Å². The summed E-state index contributed by atoms with van der Waals surface area (Å²) in [6.45, 7) is 5.79. The molecule has 0 saturated carbocycles. The summed E-state index contributed by atoms with van der Waals surface area (Å²) in [5.74, 6) is -0.824. The molecule has 2 atom stereocenters. The van der Waals surface area contributed by atoms with Crippen molar-refractivity contribution in [2.24, 2.45) is 0 Å². The van der Waals surface area contributed by atoms with Gasteiger partial charge in [0.05, 0.1) is 27.7 Å². The number of hydrogen-bond acceptors (Lipinski definition) is 8. The molecule has 10 heteroatoms. The molecule has 0 heterocycles. The van der Waals surface area contributed by atoms with Gasteiger partial charge >= 0.3 is 11.9 Å². The number of unbranched alkanes of at least 4 members (excludes halogenated alkanes) is 30. The van der Waals surface area contributed by atoms with Crippen molar-refractivity contribution >= 4 is 19.8 Å². The molecule has 0 rings (SSSR count). The van der Waals surface area contributed by atoms with Crippen LogP contribution in [0.1, 0.15) is 225 Å². The molecule has 0 fully saturated rings. The number of phosphoric ester groups is 1. The van der Waals surface area contributed by atoms with E-state index < -0.39 is 26.5 Å². The molecule has 0 aliphatic carbocycles. The van der Waals surface area contributed by atoms with Crippen molar-refractivity contribution in [1.82, 2.24) is 0 Å². The normalized spacial score (nSPS) is 13.4. The summed E-state index contributed by atoms with van der Waals surface area (Å²) < 4.78 is 34.0. The number of phosphoric acid groups is 1. The summed E-state index contributed by atoms with van der Waals surface area (Å²) in [4.78, 5) is 37.6. The Kier molecular flexibility index (Phi) is 39.3. The lowest BCUT2D eigenvalue weighted by atomic mass is 10.0. The predicted octanol–water partition coefficient (Wildman–Crippen LogP) is 13.1. The smallest absolute Gasteiger partial charge is 0.306 e. The number of nitrogens with zero attached hydrogens (tertiary/aromatic N) is 1. The van der Waals surface area contributed by atoms with Crippen LogP contribution < -0.4 is 4.89 Å². The number of carbonyl (C=O) groups excluding carboxylic acids is 2. The molecule has 0 N–H and O–H groups in total. The summed E-state index contributed by atoms with van der Waals surface area (Å²) in [6, 6.07) is 0. The largest absolute Gasteiger partial charge is 0.756 e. The van der Waals surface area contributed by atoms with Crippen LogP contribution in [0.5, 0.6) is 0 Å². The molecule has 57 heavy (non-hydrogen) atoms. The number of carbonyl (C=O) groups is 2. The van der Waals surface area contributed by atoms with Crippen LogP contribution in [0, 0.1) is 0 Å². The summed E-state index contributed by atoms with van der Waals surface area (Å²) >= 11 is 0. The van der Waals surface area contributed by atoms with Gasteiger partial charge in [-0.25, -0.2) is 0 Å². The Balaban J connectivity index is 4.24. The molecule has 0 spiro atoms. The molecule has 338 valence electrons. The molecule has 9 nitrogen and oxygen atoms in total. The fourth-order valence-electron chi connectivity index (χ4n) is 6.93. The Labute approximate surface area is 352 Å². The van der Waals surface area contributed by atoms with Crippen LogP contribution in [-0.4, -0.2) is 70.0 Å². The third kappa shape index (κ3) is 44.1. The van der Waals surface area contributed by atoms with Gasteiger partial charge in [-0.05, 0) is 25.7 Å². The molecule has 0 radical (unpaired) electrons. The molecule has 0 saturated heterocycles. The van der Waals surface area contributed by atoms with Crippen LogP contribution >= 0.6 is 7.82 Å². The number of allylic oxidation sites excluding steroid dienone is 1. The highest BCUT2D eigenvalue weighted by atomic mass is 31.2. The van der Waals surface area contributed by atoms with Crippen LogP contribution in [0.15, 0.2) is 12.7 Å². The van der Waals surface area contributed by atoms with Gasteiger partial charge in [0.2, 0.25) is 0 Å². The van der Waals surface area contributed by atoms with Crippen molar-refractivity contribution in [2.75, 3.05) is 47.5 Å². The number of esters is 2. The van der Waals surface area contributed by atoms with E-state index in [1.807, 2.05) is 27.2 Å². The Bertz CT molecular complexity index is 972. The quantitative estimate of drug-likeness (QED) is 0.0196. The van der Waals surface area contributed by atoms with Crippen molar-refractivity contribution in [3.63, 3.8) is 0 Å². The second-order valence-corrected chi connectivity index (χ2v) is 19.0. The second kappa shape index (κ2) is 40.2. The monoisotopic (exact) mass is 830 g/mol. The minimum Gasteiger partial charge on any atom is -0.756 e. The van der Waals surface area contributed by atoms with Gasteiger partial charge < -0.3 is 27.9 Å². The molecule has 0 amide bonds. The van der Waals surface area contributed by atoms with E-state index in [0.29, 0.717) is 17.4 Å². The third-order valence-corrected chi connectivity index (χ3v) is 11.6. The van der Waals surface area contributed by atoms with Crippen LogP contribution in [-0.2, 0) is 32.7 Å². The van der Waals surface area contributed by atoms with Gasteiger partial charge in [-0.1, -0.05) is 193 Å². The Morgan fingerprint density at radius 3 is 1.32 bits per heavy atom. The fourth-order valence-corrected chi connectivity index (χ4v) is 7.66. The van der Waals surface area contributed by atoms with Gasteiger partial charge in [0.15, 0.2) is 6.10 Å². The second-order valence-electron chi connectivity index (χ2n) is 17.6. The molecule has 0 bridgehead atoms.